The van der Waals surface area contributed by atoms with E-state index in [4.69, 9.17) is 0 Å². The Hall–Kier alpha value is -1.82. The summed E-state index contributed by atoms with van der Waals surface area (Å²) in [7, 11) is 0. The second-order valence-electron chi connectivity index (χ2n) is 5.28. The maximum Gasteiger partial charge on any atom is -0.0105 e. The van der Waals surface area contributed by atoms with Crippen molar-refractivity contribution >= 4 is 21.5 Å². The largest absolute Gasteiger partial charge is 0.0776 e. The Balaban J connectivity index is 0.000000210. The van der Waals surface area contributed by atoms with Gasteiger partial charge >= 0.3 is 0 Å². The Kier molecular flexibility index (Phi) is 5.17. The molecule has 0 heterocycles. The van der Waals surface area contributed by atoms with Gasteiger partial charge in [-0.1, -0.05) is 100 Å². The van der Waals surface area contributed by atoms with Gasteiger partial charge in [0.2, 0.25) is 0 Å². The third-order valence-corrected chi connectivity index (χ3v) is 3.90. The summed E-state index contributed by atoms with van der Waals surface area (Å²) in [6, 6.07) is 21.4. The van der Waals surface area contributed by atoms with Crippen LogP contribution in [0.25, 0.3) is 21.5 Å². The van der Waals surface area contributed by atoms with E-state index in [1.807, 2.05) is 0 Å². The van der Waals surface area contributed by atoms with Crippen LogP contribution in [0.4, 0.5) is 0 Å². The average molecular weight is 264 g/mol. The molecule has 0 unspecified atom stereocenters. The predicted molar refractivity (Wildman–Crippen MR) is 91.3 cm³/mol. The van der Waals surface area contributed by atoms with E-state index in [1.54, 1.807) is 0 Å². The highest BCUT2D eigenvalue weighted by molar-refractivity contribution is 6.07. The maximum atomic E-state index is 2.18. The van der Waals surface area contributed by atoms with Crippen molar-refractivity contribution in [2.24, 2.45) is 0 Å². The molecular weight excluding hydrogens is 240 g/mol. The van der Waals surface area contributed by atoms with E-state index in [2.05, 4.69) is 60.7 Å². The van der Waals surface area contributed by atoms with E-state index >= 15 is 0 Å². The zero-order valence-electron chi connectivity index (χ0n) is 11.3. The predicted octanol–water partition coefficient (Wildman–Crippen LogP) is 6.58. The highest BCUT2D eigenvalue weighted by atomic mass is 14.0. The molecule has 3 aromatic rings. The lowest BCUT2D eigenvalue weighted by Gasteiger charge is -2.02. The van der Waals surface area contributed by atoms with Crippen molar-refractivity contribution in [2.45, 2.75) is 39.5 Å². The second kappa shape index (κ2) is 7.09. The smallest absolute Gasteiger partial charge is 0.0105 e. The summed E-state index contributed by atoms with van der Waals surface area (Å²) in [6.07, 6.45) is 7.50. The van der Waals surface area contributed by atoms with Gasteiger partial charge in [-0.25, -0.2) is 0 Å². The van der Waals surface area contributed by atoms with Gasteiger partial charge in [-0.05, 0) is 21.5 Å². The van der Waals surface area contributed by atoms with E-state index in [9.17, 15) is 0 Å². The number of hydrogen-bond acceptors (Lipinski definition) is 0. The van der Waals surface area contributed by atoms with Crippen LogP contribution >= 0.6 is 0 Å². The van der Waals surface area contributed by atoms with Crippen LogP contribution < -0.4 is 0 Å². The van der Waals surface area contributed by atoms with E-state index in [0.29, 0.717) is 0 Å². The maximum absolute atomic E-state index is 2.18. The lowest BCUT2D eigenvalue weighted by Crippen LogP contribution is -1.75. The van der Waals surface area contributed by atoms with Crippen LogP contribution in [0.1, 0.15) is 39.5 Å². The molecule has 0 amide bonds. The number of hydrogen-bond donors (Lipinski definition) is 0. The number of fused-ring (bicyclic) bond motifs is 3. The van der Waals surface area contributed by atoms with Crippen LogP contribution in [0.3, 0.4) is 0 Å². The highest BCUT2D eigenvalue weighted by Gasteiger charge is 1.97. The van der Waals surface area contributed by atoms with Crippen molar-refractivity contribution in [3.63, 3.8) is 0 Å². The van der Waals surface area contributed by atoms with Gasteiger partial charge in [0.25, 0.3) is 0 Å². The van der Waals surface area contributed by atoms with Crippen molar-refractivity contribution < 1.29 is 0 Å². The summed E-state index contributed by atoms with van der Waals surface area (Å²) >= 11 is 0. The standard InChI is InChI=1S/C14H10.C5H10.CH4/c1-3-7-13-11(5-1)9-10-12-6-2-4-8-14(12)13;1-2-4-5-3-1;/h1-10H;1-5H2;1H4. The zero-order valence-corrected chi connectivity index (χ0v) is 11.3. The van der Waals surface area contributed by atoms with Gasteiger partial charge in [0.15, 0.2) is 0 Å². The van der Waals surface area contributed by atoms with E-state index < -0.39 is 0 Å². The fraction of sp³-hybridized carbons (Fsp3) is 0.300. The first-order chi connectivity index (χ1) is 9.45. The molecule has 0 aromatic heterocycles. The van der Waals surface area contributed by atoms with E-state index in [1.165, 1.54) is 53.6 Å². The molecule has 1 saturated carbocycles. The van der Waals surface area contributed by atoms with Crippen LogP contribution in [0.2, 0.25) is 0 Å². The molecular formula is C20H24. The lowest BCUT2D eigenvalue weighted by molar-refractivity contribution is 0.886. The second-order valence-corrected chi connectivity index (χ2v) is 5.28. The van der Waals surface area contributed by atoms with Crippen molar-refractivity contribution in [1.82, 2.24) is 0 Å². The molecule has 1 aliphatic carbocycles. The fourth-order valence-electron chi connectivity index (χ4n) is 2.84. The normalized spacial score (nSPS) is 13.6. The van der Waals surface area contributed by atoms with Crippen molar-refractivity contribution in [1.29, 1.82) is 0 Å². The zero-order chi connectivity index (χ0) is 12.9. The van der Waals surface area contributed by atoms with Crippen LogP contribution in [-0.4, -0.2) is 0 Å². The Bertz CT molecular complexity index is 600. The summed E-state index contributed by atoms with van der Waals surface area (Å²) in [6.45, 7) is 0. The van der Waals surface area contributed by atoms with Crippen LogP contribution in [0, 0.1) is 0 Å². The molecule has 0 nitrogen and oxygen atoms in total. The van der Waals surface area contributed by atoms with E-state index in [-0.39, 0.29) is 7.43 Å². The van der Waals surface area contributed by atoms with Crippen LogP contribution in [-0.2, 0) is 0 Å². The Morgan fingerprint density at radius 1 is 0.450 bits per heavy atom. The van der Waals surface area contributed by atoms with Crippen LogP contribution in [0.5, 0.6) is 0 Å². The minimum absolute atomic E-state index is 0. The van der Waals surface area contributed by atoms with Gasteiger partial charge in [0.05, 0.1) is 0 Å². The molecule has 4 rings (SSSR count). The molecule has 0 saturated heterocycles. The minimum Gasteiger partial charge on any atom is -0.0776 e. The third-order valence-electron chi connectivity index (χ3n) is 3.90. The molecule has 3 aromatic carbocycles. The quantitative estimate of drug-likeness (QED) is 0.402. The van der Waals surface area contributed by atoms with Crippen molar-refractivity contribution in [3.05, 3.63) is 60.7 Å². The summed E-state index contributed by atoms with van der Waals surface area (Å²) in [5.74, 6) is 0. The van der Waals surface area contributed by atoms with Crippen molar-refractivity contribution in [2.75, 3.05) is 0 Å². The molecule has 104 valence electrons. The van der Waals surface area contributed by atoms with Crippen molar-refractivity contribution in [3.8, 4) is 0 Å². The average Bonchev–Trinajstić information content (AvgIpc) is 3.07. The molecule has 0 spiro atoms. The minimum atomic E-state index is 0. The van der Waals surface area contributed by atoms with E-state index in [0.717, 1.165) is 0 Å². The van der Waals surface area contributed by atoms with Gasteiger partial charge in [0.1, 0.15) is 0 Å². The molecule has 0 bridgehead atoms. The van der Waals surface area contributed by atoms with Gasteiger partial charge in [-0.2, -0.15) is 0 Å². The molecule has 1 aliphatic rings. The summed E-state index contributed by atoms with van der Waals surface area (Å²) in [5, 5.41) is 5.30. The first kappa shape index (κ1) is 14.6. The number of rotatable bonds is 0. The first-order valence-corrected chi connectivity index (χ1v) is 7.32. The summed E-state index contributed by atoms with van der Waals surface area (Å²) < 4.78 is 0. The van der Waals surface area contributed by atoms with Gasteiger partial charge in [-0.15, -0.1) is 0 Å². The highest BCUT2D eigenvalue weighted by Crippen LogP contribution is 2.24. The topological polar surface area (TPSA) is 0 Å². The summed E-state index contributed by atoms with van der Waals surface area (Å²) in [4.78, 5) is 0. The monoisotopic (exact) mass is 264 g/mol. The SMILES string of the molecule is C.C1CCCC1.c1ccc2c(c1)ccc1ccccc12. The third kappa shape index (κ3) is 3.19. The van der Waals surface area contributed by atoms with Gasteiger partial charge < -0.3 is 0 Å². The molecule has 0 radical (unpaired) electrons. The molecule has 0 aliphatic heterocycles. The van der Waals surface area contributed by atoms with Crippen LogP contribution in [0.15, 0.2) is 60.7 Å². The van der Waals surface area contributed by atoms with Gasteiger partial charge in [0, 0.05) is 0 Å². The first-order valence-electron chi connectivity index (χ1n) is 7.32. The molecule has 0 atom stereocenters. The molecule has 0 heteroatoms. The molecule has 1 fully saturated rings. The van der Waals surface area contributed by atoms with Gasteiger partial charge in [-0.3, -0.25) is 0 Å². The molecule has 0 N–H and O–H groups in total. The lowest BCUT2D eigenvalue weighted by atomic mass is 10.0. The Morgan fingerprint density at radius 3 is 1.20 bits per heavy atom. The molecule has 20 heavy (non-hydrogen) atoms. The summed E-state index contributed by atoms with van der Waals surface area (Å²) in [5.41, 5.74) is 0. The Morgan fingerprint density at radius 2 is 0.800 bits per heavy atom. The fourth-order valence-corrected chi connectivity index (χ4v) is 2.84. The number of benzene rings is 3. The Labute approximate surface area is 122 Å².